The fraction of sp³-hybridized carbons (Fsp3) is 0.294. The van der Waals surface area contributed by atoms with Crippen molar-refractivity contribution in [3.8, 4) is 0 Å². The zero-order valence-electron chi connectivity index (χ0n) is 12.5. The molecule has 1 aromatic rings. The Bertz CT molecular complexity index is 498. The van der Waals surface area contributed by atoms with Gasteiger partial charge >= 0.3 is 0 Å². The highest BCUT2D eigenvalue weighted by atomic mass is 32.2. The van der Waals surface area contributed by atoms with E-state index in [0.717, 1.165) is 0 Å². The number of nitrogens with zero attached hydrogens (tertiary/aromatic N) is 1. The molecule has 0 saturated carbocycles. The molecule has 1 aromatic carbocycles. The number of hydrogen-bond acceptors (Lipinski definition) is 2. The number of para-hydroxylation sites is 1. The number of fused-ring (bicyclic) bond motifs is 1. The molecule has 1 heterocycles. The maximum absolute atomic E-state index is 2.25. The van der Waals surface area contributed by atoms with E-state index in [9.17, 15) is 0 Å². The Balaban J connectivity index is 0.000000861. The number of hydrogen-bond donors (Lipinski definition) is 0. The van der Waals surface area contributed by atoms with Gasteiger partial charge in [-0.3, -0.25) is 0 Å². The second-order valence-corrected chi connectivity index (χ2v) is 4.94. The van der Waals surface area contributed by atoms with Crippen LogP contribution in [0.5, 0.6) is 0 Å². The molecule has 0 aromatic heterocycles. The molecule has 1 aliphatic rings. The van der Waals surface area contributed by atoms with Crippen LogP contribution in [0.25, 0.3) is 0 Å². The van der Waals surface area contributed by atoms with Crippen LogP contribution >= 0.6 is 11.8 Å². The van der Waals surface area contributed by atoms with Gasteiger partial charge < -0.3 is 4.90 Å². The number of rotatable bonds is 1. The molecule has 0 atom stereocenters. The van der Waals surface area contributed by atoms with Gasteiger partial charge in [0.05, 0.1) is 11.4 Å². The average Bonchev–Trinajstić information content (AvgIpc) is 2.48. The minimum absolute atomic E-state index is 1.26. The maximum atomic E-state index is 2.25. The van der Waals surface area contributed by atoms with Crippen LogP contribution in [0, 0.1) is 0 Å². The third-order valence-electron chi connectivity index (χ3n) is 2.77. The number of likely N-dealkylation sites (N-methyl/N-ethyl adjacent to an activating group) is 1. The smallest absolute Gasteiger partial charge is 0.0550 e. The van der Waals surface area contributed by atoms with E-state index in [1.807, 2.05) is 32.5 Å². The quantitative estimate of drug-likeness (QED) is 0.653. The number of benzene rings is 1. The molecule has 0 bridgehead atoms. The molecule has 19 heavy (non-hydrogen) atoms. The van der Waals surface area contributed by atoms with Crippen molar-refractivity contribution >= 4 is 17.4 Å². The van der Waals surface area contributed by atoms with Crippen LogP contribution in [-0.4, -0.2) is 7.05 Å². The number of thioether (sulfide) groups is 1. The van der Waals surface area contributed by atoms with Gasteiger partial charge in [-0.1, -0.05) is 56.0 Å². The van der Waals surface area contributed by atoms with Crippen LogP contribution in [0.15, 0.2) is 64.1 Å². The van der Waals surface area contributed by atoms with Crippen molar-refractivity contribution in [2.75, 3.05) is 11.9 Å². The number of anilines is 1. The van der Waals surface area contributed by atoms with Gasteiger partial charge in [0.25, 0.3) is 0 Å². The van der Waals surface area contributed by atoms with Gasteiger partial charge in [-0.15, -0.1) is 0 Å². The predicted molar refractivity (Wildman–Crippen MR) is 88.7 cm³/mol. The molecule has 2 rings (SSSR count). The van der Waals surface area contributed by atoms with Gasteiger partial charge in [0, 0.05) is 16.8 Å². The summed E-state index contributed by atoms with van der Waals surface area (Å²) >= 11 is 1.84. The molecular formula is C17H23NS. The highest BCUT2D eigenvalue weighted by Gasteiger charge is 2.21. The van der Waals surface area contributed by atoms with Gasteiger partial charge in [-0.05, 0) is 32.1 Å². The molecule has 1 aliphatic heterocycles. The molecule has 2 heteroatoms. The minimum atomic E-state index is 1.26. The van der Waals surface area contributed by atoms with Crippen molar-refractivity contribution in [2.24, 2.45) is 0 Å². The molecule has 0 saturated heterocycles. The molecule has 0 unspecified atom stereocenters. The van der Waals surface area contributed by atoms with Crippen LogP contribution in [0.3, 0.4) is 0 Å². The number of allylic oxidation sites excluding steroid dienone is 4. The van der Waals surface area contributed by atoms with Crippen LogP contribution in [0.4, 0.5) is 5.69 Å². The second-order valence-electron chi connectivity index (χ2n) is 3.86. The zero-order valence-corrected chi connectivity index (χ0v) is 13.3. The van der Waals surface area contributed by atoms with E-state index in [-0.39, 0.29) is 0 Å². The van der Waals surface area contributed by atoms with Gasteiger partial charge in [0.1, 0.15) is 0 Å². The van der Waals surface area contributed by atoms with Gasteiger partial charge in [0.15, 0.2) is 0 Å². The van der Waals surface area contributed by atoms with E-state index in [2.05, 4.69) is 67.4 Å². The first-order chi connectivity index (χ1) is 9.27. The van der Waals surface area contributed by atoms with Crippen molar-refractivity contribution in [2.45, 2.75) is 32.6 Å². The third kappa shape index (κ3) is 3.54. The Morgan fingerprint density at radius 1 is 1.11 bits per heavy atom. The summed E-state index contributed by atoms with van der Waals surface area (Å²) in [6, 6.07) is 8.52. The highest BCUT2D eigenvalue weighted by Crippen LogP contribution is 2.44. The largest absolute Gasteiger partial charge is 0.343 e. The molecule has 0 N–H and O–H groups in total. The molecular weight excluding hydrogens is 250 g/mol. The Morgan fingerprint density at radius 3 is 2.42 bits per heavy atom. The van der Waals surface area contributed by atoms with E-state index in [0.29, 0.717) is 0 Å². The summed E-state index contributed by atoms with van der Waals surface area (Å²) in [6.07, 6.45) is 8.48. The standard InChI is InChI=1S/C15H17NS.C2H6/c1-4-6-9-12-14(5-2)17-15-11-8-7-10-13(15)16(12)3;1-2/h4-11H,1-3H3;1-2H3/b6-4-,12-9+,14-5+;. The van der Waals surface area contributed by atoms with Crippen molar-refractivity contribution in [1.29, 1.82) is 0 Å². The first-order valence-corrected chi connectivity index (χ1v) is 7.60. The van der Waals surface area contributed by atoms with E-state index < -0.39 is 0 Å². The maximum Gasteiger partial charge on any atom is 0.0550 e. The van der Waals surface area contributed by atoms with Crippen LogP contribution in [0.2, 0.25) is 0 Å². The molecule has 1 nitrogen and oxygen atoms in total. The van der Waals surface area contributed by atoms with E-state index >= 15 is 0 Å². The summed E-state index contributed by atoms with van der Waals surface area (Å²) < 4.78 is 0. The van der Waals surface area contributed by atoms with E-state index in [4.69, 9.17) is 0 Å². The lowest BCUT2D eigenvalue weighted by Crippen LogP contribution is -2.21. The molecule has 0 fully saturated rings. The summed E-state index contributed by atoms with van der Waals surface area (Å²) in [4.78, 5) is 4.88. The van der Waals surface area contributed by atoms with Crippen molar-refractivity contribution in [3.63, 3.8) is 0 Å². The summed E-state index contributed by atoms with van der Waals surface area (Å²) in [5.74, 6) is 0. The second kappa shape index (κ2) is 7.90. The summed E-state index contributed by atoms with van der Waals surface area (Å²) in [5, 5.41) is 0. The average molecular weight is 273 g/mol. The first-order valence-electron chi connectivity index (χ1n) is 6.78. The SMILES string of the molecule is CC.C\C=C/C=C1\C(=C/C)Sc2ccccc2N1C. The first kappa shape index (κ1) is 15.6. The molecule has 0 aliphatic carbocycles. The highest BCUT2D eigenvalue weighted by molar-refractivity contribution is 8.03. The van der Waals surface area contributed by atoms with Crippen molar-refractivity contribution < 1.29 is 0 Å². The zero-order chi connectivity index (χ0) is 14.3. The fourth-order valence-electron chi connectivity index (χ4n) is 1.87. The summed E-state index contributed by atoms with van der Waals surface area (Å²) in [6.45, 7) is 8.13. The van der Waals surface area contributed by atoms with E-state index in [1.54, 1.807) is 0 Å². The molecule has 102 valence electrons. The Kier molecular flexibility index (Phi) is 6.51. The van der Waals surface area contributed by atoms with E-state index in [1.165, 1.54) is 21.2 Å². The molecule has 0 spiro atoms. The van der Waals surface area contributed by atoms with Gasteiger partial charge in [-0.2, -0.15) is 0 Å². The normalized spacial score (nSPS) is 18.5. The lowest BCUT2D eigenvalue weighted by molar-refractivity contribution is 1.08. The van der Waals surface area contributed by atoms with Crippen LogP contribution in [0.1, 0.15) is 27.7 Å². The fourth-order valence-corrected chi connectivity index (χ4v) is 2.99. The molecule has 0 amide bonds. The van der Waals surface area contributed by atoms with Gasteiger partial charge in [-0.25, -0.2) is 0 Å². The lowest BCUT2D eigenvalue weighted by atomic mass is 10.2. The molecule has 0 radical (unpaired) electrons. The lowest BCUT2D eigenvalue weighted by Gasteiger charge is -2.31. The van der Waals surface area contributed by atoms with Crippen LogP contribution < -0.4 is 4.90 Å². The topological polar surface area (TPSA) is 3.24 Å². The van der Waals surface area contributed by atoms with Crippen molar-refractivity contribution in [1.82, 2.24) is 0 Å². The monoisotopic (exact) mass is 273 g/mol. The third-order valence-corrected chi connectivity index (χ3v) is 4.00. The van der Waals surface area contributed by atoms with Gasteiger partial charge in [0.2, 0.25) is 0 Å². The minimum Gasteiger partial charge on any atom is -0.343 e. The summed E-state index contributed by atoms with van der Waals surface area (Å²) in [5.41, 5.74) is 2.54. The summed E-state index contributed by atoms with van der Waals surface area (Å²) in [7, 11) is 2.12. The Morgan fingerprint density at radius 2 is 1.79 bits per heavy atom. The Hall–Kier alpha value is -1.41. The van der Waals surface area contributed by atoms with Crippen molar-refractivity contribution in [3.05, 3.63) is 59.2 Å². The predicted octanol–water partition coefficient (Wildman–Crippen LogP) is 5.62. The Labute approximate surface area is 121 Å². The van der Waals surface area contributed by atoms with Crippen LogP contribution in [-0.2, 0) is 0 Å².